The van der Waals surface area contributed by atoms with E-state index in [2.05, 4.69) is 0 Å². The summed E-state index contributed by atoms with van der Waals surface area (Å²) in [6.45, 7) is 7.45. The van der Waals surface area contributed by atoms with Gasteiger partial charge in [0.25, 0.3) is 5.91 Å². The largest absolute Gasteiger partial charge is 0.507 e. The number of benzene rings is 1. The molecule has 0 bridgehead atoms. The molecule has 1 N–H and O–H groups in total. The van der Waals surface area contributed by atoms with Crippen molar-refractivity contribution in [3.63, 3.8) is 0 Å². The summed E-state index contributed by atoms with van der Waals surface area (Å²) in [7, 11) is -3.80. The molecule has 29 heavy (non-hydrogen) atoms. The fourth-order valence-electron chi connectivity index (χ4n) is 3.74. The molecule has 0 aliphatic carbocycles. The normalized spacial score (nSPS) is 20.0. The molecule has 0 saturated carbocycles. The molecule has 1 aliphatic rings. The van der Waals surface area contributed by atoms with Crippen LogP contribution in [0.1, 0.15) is 57.3 Å². The molecule has 1 heterocycles. The number of likely N-dealkylation sites (tertiary alicyclic amines) is 1. The van der Waals surface area contributed by atoms with Gasteiger partial charge in [-0.05, 0) is 51.3 Å². The summed E-state index contributed by atoms with van der Waals surface area (Å²) in [5, 5.41) is 10.0. The van der Waals surface area contributed by atoms with Crippen LogP contribution in [0, 0.1) is 0 Å². The third kappa shape index (κ3) is 5.08. The van der Waals surface area contributed by atoms with E-state index in [1.165, 1.54) is 10.4 Å². The first-order valence-electron chi connectivity index (χ1n) is 9.94. The molecule has 1 aromatic rings. The molecule has 2 atom stereocenters. The molecule has 1 saturated heterocycles. The Morgan fingerprint density at radius 3 is 2.31 bits per heavy atom. The number of hydrogen-bond acceptors (Lipinski definition) is 6. The van der Waals surface area contributed by atoms with E-state index < -0.39 is 28.3 Å². The molecule has 9 heteroatoms. The molecule has 162 valence electrons. The summed E-state index contributed by atoms with van der Waals surface area (Å²) >= 11 is 0. The molecule has 0 spiro atoms. The number of sulfonamides is 1. The summed E-state index contributed by atoms with van der Waals surface area (Å²) in [6, 6.07) is 3.61. The van der Waals surface area contributed by atoms with E-state index in [9.17, 15) is 23.1 Å². The molecular weight excluding hydrogens is 396 g/mol. The number of phenolic OH excluding ortho intramolecular Hbond substituents is 1. The van der Waals surface area contributed by atoms with Crippen molar-refractivity contribution in [2.75, 3.05) is 19.7 Å². The summed E-state index contributed by atoms with van der Waals surface area (Å²) in [6.07, 6.45) is 2.85. The van der Waals surface area contributed by atoms with E-state index in [4.69, 9.17) is 4.74 Å². The van der Waals surface area contributed by atoms with Gasteiger partial charge in [-0.2, -0.15) is 4.31 Å². The minimum absolute atomic E-state index is 0.0703. The molecule has 1 amide bonds. The smallest absolute Gasteiger partial charge is 0.342 e. The van der Waals surface area contributed by atoms with Crippen molar-refractivity contribution >= 4 is 21.9 Å². The average Bonchev–Trinajstić information content (AvgIpc) is 2.66. The van der Waals surface area contributed by atoms with Gasteiger partial charge in [-0.3, -0.25) is 4.79 Å². The maximum absolute atomic E-state index is 12.7. The first-order chi connectivity index (χ1) is 13.6. The van der Waals surface area contributed by atoms with Crippen molar-refractivity contribution < 1.29 is 27.9 Å². The van der Waals surface area contributed by atoms with E-state index in [1.807, 2.05) is 13.8 Å². The topological polar surface area (TPSA) is 104 Å². The SMILES string of the molecule is CCN(CC)S(=O)(=O)c1ccc(O)c(C(=O)OCC(=O)N2[C@H](C)CCC[C@@H]2C)c1. The highest BCUT2D eigenvalue weighted by Gasteiger charge is 2.30. The second kappa shape index (κ2) is 9.58. The number of ether oxygens (including phenoxy) is 1. The van der Waals surface area contributed by atoms with Gasteiger partial charge in [0.15, 0.2) is 6.61 Å². The third-order valence-corrected chi connectivity index (χ3v) is 7.39. The number of esters is 1. The zero-order valence-corrected chi connectivity index (χ0v) is 18.2. The van der Waals surface area contributed by atoms with Crippen molar-refractivity contribution in [1.82, 2.24) is 9.21 Å². The lowest BCUT2D eigenvalue weighted by atomic mass is 9.97. The Morgan fingerprint density at radius 2 is 1.76 bits per heavy atom. The van der Waals surface area contributed by atoms with E-state index >= 15 is 0 Å². The Bertz CT molecular complexity index is 841. The number of carbonyl (C=O) groups is 2. The monoisotopic (exact) mass is 426 g/mol. The molecule has 2 rings (SSSR count). The molecule has 8 nitrogen and oxygen atoms in total. The highest BCUT2D eigenvalue weighted by Crippen LogP contribution is 2.25. The van der Waals surface area contributed by atoms with Gasteiger partial charge in [0.1, 0.15) is 11.3 Å². The number of amides is 1. The second-order valence-electron chi connectivity index (χ2n) is 7.27. The Balaban J connectivity index is 2.16. The van der Waals surface area contributed by atoms with Gasteiger partial charge in [-0.25, -0.2) is 13.2 Å². The van der Waals surface area contributed by atoms with Gasteiger partial charge in [-0.15, -0.1) is 0 Å². The van der Waals surface area contributed by atoms with E-state index in [1.54, 1.807) is 18.7 Å². The van der Waals surface area contributed by atoms with Crippen molar-refractivity contribution in [3.8, 4) is 5.75 Å². The Kier molecular flexibility index (Phi) is 7.65. The van der Waals surface area contributed by atoms with Crippen LogP contribution in [0.2, 0.25) is 0 Å². The number of phenols is 1. The van der Waals surface area contributed by atoms with E-state index in [0.29, 0.717) is 0 Å². The Labute approximate surface area is 172 Å². The minimum Gasteiger partial charge on any atom is -0.507 e. The van der Waals surface area contributed by atoms with Crippen molar-refractivity contribution in [2.45, 2.75) is 63.9 Å². The van der Waals surface area contributed by atoms with Crippen LogP contribution >= 0.6 is 0 Å². The third-order valence-electron chi connectivity index (χ3n) is 5.34. The molecular formula is C20H30N2O6S. The molecule has 1 aromatic carbocycles. The molecule has 1 aliphatic heterocycles. The van der Waals surface area contributed by atoms with Crippen LogP contribution in [0.4, 0.5) is 0 Å². The van der Waals surface area contributed by atoms with Crippen LogP contribution in [-0.4, -0.2) is 66.4 Å². The summed E-state index contributed by atoms with van der Waals surface area (Å²) in [5.74, 6) is -1.64. The number of carbonyl (C=O) groups excluding carboxylic acids is 2. The van der Waals surface area contributed by atoms with Crippen LogP contribution in [0.15, 0.2) is 23.1 Å². The fraction of sp³-hybridized carbons (Fsp3) is 0.600. The molecule has 1 fully saturated rings. The molecule has 0 unspecified atom stereocenters. The predicted octanol–water partition coefficient (Wildman–Crippen LogP) is 2.37. The van der Waals surface area contributed by atoms with Crippen molar-refractivity contribution in [3.05, 3.63) is 23.8 Å². The maximum Gasteiger partial charge on any atom is 0.342 e. The van der Waals surface area contributed by atoms with Crippen LogP contribution in [0.25, 0.3) is 0 Å². The minimum atomic E-state index is -3.80. The predicted molar refractivity (Wildman–Crippen MR) is 108 cm³/mol. The van der Waals surface area contributed by atoms with Gasteiger partial charge in [-0.1, -0.05) is 13.8 Å². The van der Waals surface area contributed by atoms with Crippen LogP contribution in [0.5, 0.6) is 5.75 Å². The molecule has 0 radical (unpaired) electrons. The zero-order chi connectivity index (χ0) is 21.8. The summed E-state index contributed by atoms with van der Waals surface area (Å²) in [4.78, 5) is 26.6. The summed E-state index contributed by atoms with van der Waals surface area (Å²) < 4.78 is 31.7. The highest BCUT2D eigenvalue weighted by molar-refractivity contribution is 7.89. The first kappa shape index (κ1) is 23.2. The number of hydrogen-bond donors (Lipinski definition) is 1. The standard InChI is InChI=1S/C20H30N2O6S/c1-5-21(6-2)29(26,27)16-10-11-18(23)17(12-16)20(25)28-13-19(24)22-14(3)8-7-9-15(22)4/h10-12,14-15,23H,5-9,13H2,1-4H3/t14-,15+. The lowest BCUT2D eigenvalue weighted by Crippen LogP contribution is -2.49. The van der Waals surface area contributed by atoms with Gasteiger partial charge < -0.3 is 14.7 Å². The van der Waals surface area contributed by atoms with Gasteiger partial charge in [0.2, 0.25) is 10.0 Å². The number of rotatable bonds is 7. The number of aromatic hydroxyl groups is 1. The maximum atomic E-state index is 12.7. The lowest BCUT2D eigenvalue weighted by Gasteiger charge is -2.38. The van der Waals surface area contributed by atoms with Crippen LogP contribution in [-0.2, 0) is 19.6 Å². The Morgan fingerprint density at radius 1 is 1.17 bits per heavy atom. The zero-order valence-electron chi connectivity index (χ0n) is 17.4. The van der Waals surface area contributed by atoms with Gasteiger partial charge in [0.05, 0.1) is 4.90 Å². The quantitative estimate of drug-likeness (QED) is 0.671. The van der Waals surface area contributed by atoms with Gasteiger partial charge >= 0.3 is 5.97 Å². The van der Waals surface area contributed by atoms with Gasteiger partial charge in [0, 0.05) is 25.2 Å². The fourth-order valence-corrected chi connectivity index (χ4v) is 5.23. The highest BCUT2D eigenvalue weighted by atomic mass is 32.2. The first-order valence-corrected chi connectivity index (χ1v) is 11.4. The van der Waals surface area contributed by atoms with E-state index in [-0.39, 0.29) is 41.5 Å². The van der Waals surface area contributed by atoms with Crippen molar-refractivity contribution in [1.29, 1.82) is 0 Å². The summed E-state index contributed by atoms with van der Waals surface area (Å²) in [5.41, 5.74) is -0.286. The number of nitrogens with zero attached hydrogens (tertiary/aromatic N) is 2. The second-order valence-corrected chi connectivity index (χ2v) is 9.21. The average molecular weight is 427 g/mol. The lowest BCUT2D eigenvalue weighted by molar-refractivity contribution is -0.140. The molecule has 0 aromatic heterocycles. The Hall–Kier alpha value is -2.13. The van der Waals surface area contributed by atoms with Crippen LogP contribution < -0.4 is 0 Å². The van der Waals surface area contributed by atoms with Crippen LogP contribution in [0.3, 0.4) is 0 Å². The number of piperidine rings is 1. The van der Waals surface area contributed by atoms with Crippen molar-refractivity contribution in [2.24, 2.45) is 0 Å². The van der Waals surface area contributed by atoms with E-state index in [0.717, 1.165) is 31.4 Å².